The van der Waals surface area contributed by atoms with E-state index in [-0.39, 0.29) is 28.9 Å². The number of phenolic OH excluding ortho intramolecular Hbond substituents is 1. The number of aromatic hydroxyl groups is 1. The molecule has 0 aliphatic rings. The Kier molecular flexibility index (Phi) is 7.69. The predicted molar refractivity (Wildman–Crippen MR) is 105 cm³/mol. The average molecular weight is 474 g/mol. The van der Waals surface area contributed by atoms with Crippen molar-refractivity contribution in [3.63, 3.8) is 0 Å². The van der Waals surface area contributed by atoms with Gasteiger partial charge in [0.2, 0.25) is 11.8 Å². The zero-order valence-electron chi connectivity index (χ0n) is 15.7. The van der Waals surface area contributed by atoms with E-state index in [0.717, 1.165) is 0 Å². The summed E-state index contributed by atoms with van der Waals surface area (Å²) in [6.45, 7) is 3.07. The summed E-state index contributed by atoms with van der Waals surface area (Å²) in [5.41, 5.74) is 0.560. The number of amides is 1. The minimum Gasteiger partial charge on any atom is -0.507 e. The molecule has 1 heterocycles. The maximum atomic E-state index is 12.2. The lowest BCUT2D eigenvalue weighted by molar-refractivity contribution is -0.119. The minimum absolute atomic E-state index is 0.0994. The average Bonchev–Trinajstić information content (AvgIpc) is 3.08. The maximum Gasteiger partial charge on any atom is 0.339 e. The number of nitrogens with zero attached hydrogens (tertiary/aromatic N) is 2. The molecule has 1 atom stereocenters. The van der Waals surface area contributed by atoms with E-state index in [9.17, 15) is 14.7 Å². The highest BCUT2D eigenvalue weighted by Gasteiger charge is 2.25. The first-order valence-electron chi connectivity index (χ1n) is 8.10. The van der Waals surface area contributed by atoms with Gasteiger partial charge in [0, 0.05) is 30.1 Å². The van der Waals surface area contributed by atoms with Crippen LogP contribution in [0.2, 0.25) is 0 Å². The molecule has 1 unspecified atom stereocenters. The SMILES string of the molecule is COC(=O)c1c(Br)c(OC)cc(O)c1CSCC(NC(C)=O)c1nc(C)no1. The molecule has 0 aliphatic heterocycles. The number of aryl methyl sites for hydroxylation is 1. The van der Waals surface area contributed by atoms with Crippen molar-refractivity contribution in [2.45, 2.75) is 25.6 Å². The topological polar surface area (TPSA) is 124 Å². The van der Waals surface area contributed by atoms with Gasteiger partial charge in [0.15, 0.2) is 5.82 Å². The third-order valence-corrected chi connectivity index (χ3v) is 5.52. The number of phenols is 1. The number of carbonyl (C=O) groups excluding carboxylic acids is 2. The van der Waals surface area contributed by atoms with Crippen molar-refractivity contribution in [2.24, 2.45) is 0 Å². The first-order chi connectivity index (χ1) is 13.3. The van der Waals surface area contributed by atoms with Gasteiger partial charge in [-0.15, -0.1) is 0 Å². The number of thioether (sulfide) groups is 1. The smallest absolute Gasteiger partial charge is 0.339 e. The number of benzene rings is 1. The molecule has 1 aromatic heterocycles. The highest BCUT2D eigenvalue weighted by atomic mass is 79.9. The summed E-state index contributed by atoms with van der Waals surface area (Å²) in [7, 11) is 2.69. The van der Waals surface area contributed by atoms with Crippen molar-refractivity contribution < 1.29 is 28.7 Å². The van der Waals surface area contributed by atoms with Gasteiger partial charge in [-0.1, -0.05) is 5.16 Å². The molecule has 0 fully saturated rings. The molecule has 2 aromatic rings. The Hall–Kier alpha value is -2.27. The lowest BCUT2D eigenvalue weighted by atomic mass is 10.1. The number of halogens is 1. The van der Waals surface area contributed by atoms with Gasteiger partial charge in [-0.05, 0) is 22.9 Å². The molecule has 0 saturated carbocycles. The number of methoxy groups -OCH3 is 2. The number of aromatic nitrogens is 2. The van der Waals surface area contributed by atoms with Crippen LogP contribution in [0.1, 0.15) is 40.6 Å². The van der Waals surface area contributed by atoms with Gasteiger partial charge >= 0.3 is 5.97 Å². The fourth-order valence-corrected chi connectivity index (χ4v) is 4.17. The molecule has 0 aliphatic carbocycles. The Balaban J connectivity index is 2.23. The fraction of sp³-hybridized carbons (Fsp3) is 0.412. The van der Waals surface area contributed by atoms with Crippen LogP contribution in [0.15, 0.2) is 15.1 Å². The number of nitrogens with one attached hydrogen (secondary N) is 1. The maximum absolute atomic E-state index is 12.2. The Morgan fingerprint density at radius 1 is 1.43 bits per heavy atom. The standard InChI is InChI=1S/C17H20BrN3O6S/c1-8-19-16(27-21-8)11(20-9(2)22)7-28-6-10-12(23)5-13(25-3)15(18)14(10)17(24)26-4/h5,11,23H,6-7H2,1-4H3,(H,20,22). The molecule has 152 valence electrons. The van der Waals surface area contributed by atoms with Gasteiger partial charge in [-0.25, -0.2) is 4.79 Å². The molecule has 28 heavy (non-hydrogen) atoms. The summed E-state index contributed by atoms with van der Waals surface area (Å²) >= 11 is 4.69. The third kappa shape index (κ3) is 5.16. The van der Waals surface area contributed by atoms with Crippen LogP contribution in [0.3, 0.4) is 0 Å². The van der Waals surface area contributed by atoms with E-state index in [0.29, 0.717) is 27.4 Å². The molecule has 0 saturated heterocycles. The number of hydrogen-bond acceptors (Lipinski definition) is 9. The third-order valence-electron chi connectivity index (χ3n) is 3.67. The van der Waals surface area contributed by atoms with Crippen molar-refractivity contribution >= 4 is 39.6 Å². The van der Waals surface area contributed by atoms with E-state index < -0.39 is 12.0 Å². The van der Waals surface area contributed by atoms with Crippen LogP contribution in [0.25, 0.3) is 0 Å². The van der Waals surface area contributed by atoms with E-state index >= 15 is 0 Å². The largest absolute Gasteiger partial charge is 0.507 e. The van der Waals surface area contributed by atoms with Crippen molar-refractivity contribution in [1.29, 1.82) is 0 Å². The highest BCUT2D eigenvalue weighted by molar-refractivity contribution is 9.10. The van der Waals surface area contributed by atoms with E-state index in [4.69, 9.17) is 14.0 Å². The lowest BCUT2D eigenvalue weighted by Crippen LogP contribution is -2.28. The van der Waals surface area contributed by atoms with Gasteiger partial charge in [0.05, 0.1) is 24.3 Å². The zero-order valence-corrected chi connectivity index (χ0v) is 18.1. The van der Waals surface area contributed by atoms with Crippen LogP contribution in [0.4, 0.5) is 0 Å². The van der Waals surface area contributed by atoms with Gasteiger partial charge in [0.25, 0.3) is 0 Å². The van der Waals surface area contributed by atoms with E-state index in [1.165, 1.54) is 39.0 Å². The van der Waals surface area contributed by atoms with Crippen LogP contribution in [-0.4, -0.2) is 47.1 Å². The monoisotopic (exact) mass is 473 g/mol. The summed E-state index contributed by atoms with van der Waals surface area (Å²) in [4.78, 5) is 27.9. The molecule has 9 nitrogen and oxygen atoms in total. The van der Waals surface area contributed by atoms with E-state index in [2.05, 4.69) is 31.4 Å². The number of ether oxygens (including phenoxy) is 2. The number of carbonyl (C=O) groups is 2. The number of esters is 1. The van der Waals surface area contributed by atoms with Crippen molar-refractivity contribution in [3.05, 3.63) is 33.4 Å². The van der Waals surface area contributed by atoms with Crippen LogP contribution >= 0.6 is 27.7 Å². The second-order valence-electron chi connectivity index (χ2n) is 5.71. The molecule has 0 spiro atoms. The molecule has 1 amide bonds. The van der Waals surface area contributed by atoms with Gasteiger partial charge in [-0.2, -0.15) is 16.7 Å². The Morgan fingerprint density at radius 3 is 2.68 bits per heavy atom. The van der Waals surface area contributed by atoms with Crippen LogP contribution in [0.5, 0.6) is 11.5 Å². The van der Waals surface area contributed by atoms with Crippen LogP contribution in [-0.2, 0) is 15.3 Å². The Labute approximate surface area is 174 Å². The molecule has 1 aromatic carbocycles. The molecular formula is C17H20BrN3O6S. The zero-order chi connectivity index (χ0) is 20.8. The van der Waals surface area contributed by atoms with Crippen molar-refractivity contribution in [2.75, 3.05) is 20.0 Å². The normalized spacial score (nSPS) is 11.8. The summed E-state index contributed by atoms with van der Waals surface area (Å²) < 4.78 is 15.5. The summed E-state index contributed by atoms with van der Waals surface area (Å²) in [5.74, 6) is 0.747. The first-order valence-corrected chi connectivity index (χ1v) is 10.0. The van der Waals surface area contributed by atoms with Crippen LogP contribution < -0.4 is 10.1 Å². The van der Waals surface area contributed by atoms with Crippen LogP contribution in [0, 0.1) is 6.92 Å². The molecule has 2 N–H and O–H groups in total. The van der Waals surface area contributed by atoms with Gasteiger partial charge in [0.1, 0.15) is 17.5 Å². The van der Waals surface area contributed by atoms with Gasteiger partial charge in [-0.3, -0.25) is 4.79 Å². The molecule has 0 radical (unpaired) electrons. The second kappa shape index (κ2) is 9.78. The molecule has 0 bridgehead atoms. The fourth-order valence-electron chi connectivity index (χ4n) is 2.42. The minimum atomic E-state index is -0.609. The summed E-state index contributed by atoms with van der Waals surface area (Å²) in [5, 5.41) is 16.9. The Bertz CT molecular complexity index is 873. The Morgan fingerprint density at radius 2 is 2.14 bits per heavy atom. The molecule has 11 heteroatoms. The lowest BCUT2D eigenvalue weighted by Gasteiger charge is -2.17. The van der Waals surface area contributed by atoms with Crippen molar-refractivity contribution in [1.82, 2.24) is 15.5 Å². The van der Waals surface area contributed by atoms with Crippen molar-refractivity contribution in [3.8, 4) is 11.5 Å². The second-order valence-corrected chi connectivity index (χ2v) is 7.53. The predicted octanol–water partition coefficient (Wildman–Crippen LogP) is 2.75. The van der Waals surface area contributed by atoms with Gasteiger partial charge < -0.3 is 24.4 Å². The highest BCUT2D eigenvalue weighted by Crippen LogP contribution is 2.39. The number of rotatable bonds is 8. The number of hydrogen-bond donors (Lipinski definition) is 2. The molecule has 2 rings (SSSR count). The van der Waals surface area contributed by atoms with E-state index in [1.54, 1.807) is 6.92 Å². The summed E-state index contributed by atoms with van der Waals surface area (Å²) in [6, 6.07) is 0.910. The molecular weight excluding hydrogens is 454 g/mol. The van der Waals surface area contributed by atoms with E-state index in [1.807, 2.05) is 0 Å². The first kappa shape index (κ1) is 22.0. The quantitative estimate of drug-likeness (QED) is 0.556. The summed E-state index contributed by atoms with van der Waals surface area (Å²) in [6.07, 6.45) is 0.